The first-order chi connectivity index (χ1) is 8.49. The SMILES string of the molecule is CC1CN2CCCC2CN1C(=O)N[C@H](C)C(=O)O. The summed E-state index contributed by atoms with van der Waals surface area (Å²) in [6, 6.07) is -0.511. The molecule has 2 N–H and O–H groups in total. The predicted molar refractivity (Wildman–Crippen MR) is 66.4 cm³/mol. The Hall–Kier alpha value is -1.30. The Morgan fingerprint density at radius 1 is 1.39 bits per heavy atom. The Morgan fingerprint density at radius 2 is 2.11 bits per heavy atom. The molecule has 0 aromatic carbocycles. The number of carboxylic acid groups (broad SMARTS) is 1. The predicted octanol–water partition coefficient (Wildman–Crippen LogP) is 0.338. The van der Waals surface area contributed by atoms with Crippen molar-refractivity contribution >= 4 is 12.0 Å². The van der Waals surface area contributed by atoms with E-state index in [0.717, 1.165) is 19.5 Å². The molecule has 2 heterocycles. The fourth-order valence-electron chi connectivity index (χ4n) is 2.80. The summed E-state index contributed by atoms with van der Waals surface area (Å²) in [5, 5.41) is 11.3. The van der Waals surface area contributed by atoms with Crippen molar-refractivity contribution in [2.24, 2.45) is 0 Å². The van der Waals surface area contributed by atoms with Crippen LogP contribution >= 0.6 is 0 Å². The molecule has 0 radical (unpaired) electrons. The lowest BCUT2D eigenvalue weighted by Crippen LogP contribution is -2.60. The van der Waals surface area contributed by atoms with Gasteiger partial charge in [0.2, 0.25) is 0 Å². The number of nitrogens with one attached hydrogen (secondary N) is 1. The highest BCUT2D eigenvalue weighted by Crippen LogP contribution is 2.24. The highest BCUT2D eigenvalue weighted by atomic mass is 16.4. The second-order valence-corrected chi connectivity index (χ2v) is 5.30. The smallest absolute Gasteiger partial charge is 0.325 e. The van der Waals surface area contributed by atoms with E-state index in [1.807, 2.05) is 6.92 Å². The molecule has 2 unspecified atom stereocenters. The number of carbonyl (C=O) groups is 2. The van der Waals surface area contributed by atoms with Gasteiger partial charge in [0, 0.05) is 25.2 Å². The molecule has 0 saturated carbocycles. The zero-order valence-corrected chi connectivity index (χ0v) is 10.9. The minimum Gasteiger partial charge on any atom is -0.480 e. The van der Waals surface area contributed by atoms with Gasteiger partial charge in [-0.1, -0.05) is 0 Å². The van der Waals surface area contributed by atoms with Crippen molar-refractivity contribution in [3.05, 3.63) is 0 Å². The summed E-state index contributed by atoms with van der Waals surface area (Å²) >= 11 is 0. The first-order valence-electron chi connectivity index (χ1n) is 6.53. The number of hydrogen-bond acceptors (Lipinski definition) is 3. The monoisotopic (exact) mass is 255 g/mol. The molecule has 0 aromatic rings. The molecule has 0 aromatic heterocycles. The van der Waals surface area contributed by atoms with Gasteiger partial charge in [0.1, 0.15) is 6.04 Å². The number of rotatable bonds is 2. The van der Waals surface area contributed by atoms with Crippen LogP contribution in [0.1, 0.15) is 26.7 Å². The zero-order chi connectivity index (χ0) is 13.3. The molecule has 2 amide bonds. The van der Waals surface area contributed by atoms with Crippen LogP contribution in [0.4, 0.5) is 4.79 Å². The molecule has 6 heteroatoms. The maximum Gasteiger partial charge on any atom is 0.325 e. The maximum atomic E-state index is 12.0. The Balaban J connectivity index is 1.95. The summed E-state index contributed by atoms with van der Waals surface area (Å²) in [7, 11) is 0. The first kappa shape index (κ1) is 13.1. The van der Waals surface area contributed by atoms with Crippen molar-refractivity contribution in [2.75, 3.05) is 19.6 Å². The molecular formula is C12H21N3O3. The Kier molecular flexibility index (Phi) is 3.75. The van der Waals surface area contributed by atoms with Crippen LogP contribution in [0.15, 0.2) is 0 Å². The van der Waals surface area contributed by atoms with Gasteiger partial charge in [0.05, 0.1) is 0 Å². The van der Waals surface area contributed by atoms with Gasteiger partial charge < -0.3 is 15.3 Å². The van der Waals surface area contributed by atoms with E-state index in [0.29, 0.717) is 12.6 Å². The average Bonchev–Trinajstić information content (AvgIpc) is 2.74. The molecule has 0 bridgehead atoms. The summed E-state index contributed by atoms with van der Waals surface area (Å²) in [6.07, 6.45) is 2.32. The molecule has 102 valence electrons. The van der Waals surface area contributed by atoms with E-state index in [1.165, 1.54) is 13.3 Å². The van der Waals surface area contributed by atoms with Crippen LogP contribution in [0.3, 0.4) is 0 Å². The fraction of sp³-hybridized carbons (Fsp3) is 0.833. The summed E-state index contributed by atoms with van der Waals surface area (Å²) in [6.45, 7) is 6.21. The standard InChI is InChI=1S/C12H21N3O3/c1-8-6-14-5-3-4-10(14)7-15(8)12(18)13-9(2)11(16)17/h8-10H,3-7H2,1-2H3,(H,13,18)(H,16,17)/t8?,9-,10?/m1/s1. The average molecular weight is 255 g/mol. The van der Waals surface area contributed by atoms with Crippen LogP contribution in [-0.2, 0) is 4.79 Å². The second-order valence-electron chi connectivity index (χ2n) is 5.30. The highest BCUT2D eigenvalue weighted by molar-refractivity contribution is 5.82. The third-order valence-electron chi connectivity index (χ3n) is 3.91. The third kappa shape index (κ3) is 2.58. The third-order valence-corrected chi connectivity index (χ3v) is 3.91. The Labute approximate surface area is 107 Å². The summed E-state index contributed by atoms with van der Waals surface area (Å²) < 4.78 is 0. The maximum absolute atomic E-state index is 12.0. The lowest BCUT2D eigenvalue weighted by molar-refractivity contribution is -0.138. The lowest BCUT2D eigenvalue weighted by Gasteiger charge is -2.42. The quantitative estimate of drug-likeness (QED) is 0.746. The van der Waals surface area contributed by atoms with Crippen molar-refractivity contribution in [1.82, 2.24) is 15.1 Å². The number of carbonyl (C=O) groups excluding carboxylic acids is 1. The highest BCUT2D eigenvalue weighted by Gasteiger charge is 2.36. The van der Waals surface area contributed by atoms with Crippen LogP contribution in [0, 0.1) is 0 Å². The first-order valence-corrected chi connectivity index (χ1v) is 6.53. The molecule has 2 rings (SSSR count). The Bertz CT molecular complexity index is 347. The van der Waals surface area contributed by atoms with Gasteiger partial charge in [-0.05, 0) is 33.2 Å². The number of piperazine rings is 1. The van der Waals surface area contributed by atoms with Crippen LogP contribution < -0.4 is 5.32 Å². The van der Waals surface area contributed by atoms with E-state index < -0.39 is 12.0 Å². The molecule has 2 fully saturated rings. The molecule has 2 saturated heterocycles. The van der Waals surface area contributed by atoms with Crippen LogP contribution in [-0.4, -0.2) is 64.7 Å². The zero-order valence-electron chi connectivity index (χ0n) is 10.9. The largest absolute Gasteiger partial charge is 0.480 e. The number of urea groups is 1. The van der Waals surface area contributed by atoms with Gasteiger partial charge in [-0.2, -0.15) is 0 Å². The van der Waals surface area contributed by atoms with Gasteiger partial charge in [0.15, 0.2) is 0 Å². The molecular weight excluding hydrogens is 234 g/mol. The summed E-state index contributed by atoms with van der Waals surface area (Å²) in [5.41, 5.74) is 0. The van der Waals surface area contributed by atoms with Gasteiger partial charge >= 0.3 is 12.0 Å². The summed E-state index contributed by atoms with van der Waals surface area (Å²) in [5.74, 6) is -1.00. The topological polar surface area (TPSA) is 72.9 Å². The van der Waals surface area contributed by atoms with E-state index in [2.05, 4.69) is 10.2 Å². The van der Waals surface area contributed by atoms with Crippen molar-refractivity contribution in [3.63, 3.8) is 0 Å². The molecule has 3 atom stereocenters. The molecule has 0 spiro atoms. The van der Waals surface area contributed by atoms with Crippen LogP contribution in [0.2, 0.25) is 0 Å². The minimum absolute atomic E-state index is 0.139. The molecule has 2 aliphatic heterocycles. The van der Waals surface area contributed by atoms with E-state index in [-0.39, 0.29) is 12.1 Å². The van der Waals surface area contributed by atoms with E-state index in [4.69, 9.17) is 5.11 Å². The normalized spacial score (nSPS) is 29.8. The number of nitrogens with zero attached hydrogens (tertiary/aromatic N) is 2. The number of amides is 2. The van der Waals surface area contributed by atoms with Crippen molar-refractivity contribution in [3.8, 4) is 0 Å². The molecule has 6 nitrogen and oxygen atoms in total. The Morgan fingerprint density at radius 3 is 2.78 bits per heavy atom. The number of hydrogen-bond donors (Lipinski definition) is 2. The number of fused-ring (bicyclic) bond motifs is 1. The second kappa shape index (κ2) is 5.14. The van der Waals surface area contributed by atoms with Crippen LogP contribution in [0.5, 0.6) is 0 Å². The lowest BCUT2D eigenvalue weighted by atomic mass is 10.1. The van der Waals surface area contributed by atoms with Crippen molar-refractivity contribution < 1.29 is 14.7 Å². The van der Waals surface area contributed by atoms with Crippen molar-refractivity contribution in [1.29, 1.82) is 0 Å². The van der Waals surface area contributed by atoms with Crippen molar-refractivity contribution in [2.45, 2.75) is 44.8 Å². The van der Waals surface area contributed by atoms with Gasteiger partial charge in [-0.15, -0.1) is 0 Å². The van der Waals surface area contributed by atoms with Gasteiger partial charge in [-0.3, -0.25) is 9.69 Å². The molecule has 0 aliphatic carbocycles. The molecule has 18 heavy (non-hydrogen) atoms. The van der Waals surface area contributed by atoms with Gasteiger partial charge in [0.25, 0.3) is 0 Å². The molecule has 2 aliphatic rings. The number of aliphatic carboxylic acids is 1. The number of carboxylic acids is 1. The summed E-state index contributed by atoms with van der Waals surface area (Å²) in [4.78, 5) is 27.0. The van der Waals surface area contributed by atoms with Crippen LogP contribution in [0.25, 0.3) is 0 Å². The van der Waals surface area contributed by atoms with Gasteiger partial charge in [-0.25, -0.2) is 4.79 Å². The minimum atomic E-state index is -1.00. The van der Waals surface area contributed by atoms with E-state index in [9.17, 15) is 9.59 Å². The van der Waals surface area contributed by atoms with E-state index in [1.54, 1.807) is 4.90 Å². The van der Waals surface area contributed by atoms with E-state index >= 15 is 0 Å². The fourth-order valence-corrected chi connectivity index (χ4v) is 2.80.